The molecule has 0 aromatic rings. The minimum Gasteiger partial charge on any atom is -0.480 e. The maximum absolute atomic E-state index is 12.3. The molecule has 0 aromatic carbocycles. The molecule has 2 amide bonds. The van der Waals surface area contributed by atoms with Gasteiger partial charge in [0.05, 0.1) is 12.6 Å². The summed E-state index contributed by atoms with van der Waals surface area (Å²) in [6.45, 7) is 0.200. The van der Waals surface area contributed by atoms with Crippen LogP contribution in [0.4, 0.5) is 0 Å². The molecule has 0 aromatic heterocycles. The van der Waals surface area contributed by atoms with Crippen LogP contribution in [0.25, 0.3) is 0 Å². The first-order valence-corrected chi connectivity index (χ1v) is 7.82. The molecular weight excluding hydrogens is 304 g/mol. The number of amides is 2. The van der Waals surface area contributed by atoms with Gasteiger partial charge in [-0.05, 0) is 32.2 Å². The van der Waals surface area contributed by atoms with Gasteiger partial charge in [-0.2, -0.15) is 0 Å². The van der Waals surface area contributed by atoms with Crippen LogP contribution in [0.15, 0.2) is 0 Å². The van der Waals surface area contributed by atoms with Gasteiger partial charge in [-0.1, -0.05) is 6.42 Å². The first-order chi connectivity index (χ1) is 10.9. The minimum atomic E-state index is -1.18. The van der Waals surface area contributed by atoms with Gasteiger partial charge in [0.25, 0.3) is 0 Å². The number of carboxylic acid groups (broad SMARTS) is 1. The number of carbonyl (C=O) groups is 3. The van der Waals surface area contributed by atoms with Crippen LogP contribution < -0.4 is 16.8 Å². The summed E-state index contributed by atoms with van der Waals surface area (Å²) >= 11 is 0. The molecule has 0 saturated carbocycles. The SMILES string of the molecule is NCCCC[C@H](N)C(=O)N[C@@H](CO)C(=O)N1CCC[C@@H]1C(=O)O. The second-order valence-corrected chi connectivity index (χ2v) is 5.66. The van der Waals surface area contributed by atoms with Gasteiger partial charge in [-0.25, -0.2) is 4.79 Å². The van der Waals surface area contributed by atoms with E-state index in [1.807, 2.05) is 0 Å². The quantitative estimate of drug-likeness (QED) is 0.306. The maximum atomic E-state index is 12.3. The van der Waals surface area contributed by atoms with Crippen molar-refractivity contribution >= 4 is 17.8 Å². The molecule has 1 heterocycles. The summed E-state index contributed by atoms with van der Waals surface area (Å²) in [6.07, 6.45) is 2.81. The molecule has 0 bridgehead atoms. The van der Waals surface area contributed by atoms with Crippen molar-refractivity contribution in [3.63, 3.8) is 0 Å². The van der Waals surface area contributed by atoms with E-state index in [1.54, 1.807) is 0 Å². The molecule has 1 fully saturated rings. The number of aliphatic hydroxyl groups is 1. The van der Waals surface area contributed by atoms with Crippen LogP contribution in [0.5, 0.6) is 0 Å². The fraction of sp³-hybridized carbons (Fsp3) is 0.786. The van der Waals surface area contributed by atoms with Crippen LogP contribution in [-0.4, -0.2) is 70.7 Å². The van der Waals surface area contributed by atoms with Gasteiger partial charge in [0.1, 0.15) is 12.1 Å². The Morgan fingerprint density at radius 1 is 1.30 bits per heavy atom. The number of carboxylic acids is 1. The number of nitrogens with one attached hydrogen (secondary N) is 1. The van der Waals surface area contributed by atoms with E-state index in [4.69, 9.17) is 16.6 Å². The molecule has 1 aliphatic rings. The highest BCUT2D eigenvalue weighted by atomic mass is 16.4. The van der Waals surface area contributed by atoms with E-state index in [2.05, 4.69) is 5.32 Å². The van der Waals surface area contributed by atoms with Crippen molar-refractivity contribution in [2.75, 3.05) is 19.7 Å². The summed E-state index contributed by atoms with van der Waals surface area (Å²) in [5.41, 5.74) is 11.1. The van der Waals surface area contributed by atoms with Crippen molar-refractivity contribution < 1.29 is 24.6 Å². The third-order valence-electron chi connectivity index (χ3n) is 3.92. The Bertz CT molecular complexity index is 431. The van der Waals surface area contributed by atoms with Crippen LogP contribution in [0.2, 0.25) is 0 Å². The minimum absolute atomic E-state index is 0.296. The zero-order valence-corrected chi connectivity index (χ0v) is 13.1. The summed E-state index contributed by atoms with van der Waals surface area (Å²) in [4.78, 5) is 36.6. The smallest absolute Gasteiger partial charge is 0.326 e. The number of carbonyl (C=O) groups excluding carboxylic acids is 2. The average Bonchev–Trinajstić information content (AvgIpc) is 3.01. The van der Waals surface area contributed by atoms with Crippen molar-refractivity contribution in [3.8, 4) is 0 Å². The molecule has 9 heteroatoms. The largest absolute Gasteiger partial charge is 0.480 e. The third-order valence-corrected chi connectivity index (χ3v) is 3.92. The van der Waals surface area contributed by atoms with Crippen molar-refractivity contribution in [3.05, 3.63) is 0 Å². The molecule has 9 nitrogen and oxygen atoms in total. The van der Waals surface area contributed by atoms with Gasteiger partial charge in [-0.15, -0.1) is 0 Å². The lowest BCUT2D eigenvalue weighted by Crippen LogP contribution is -2.55. The van der Waals surface area contributed by atoms with Gasteiger partial charge in [0, 0.05) is 6.54 Å². The highest BCUT2D eigenvalue weighted by Crippen LogP contribution is 2.18. The summed E-state index contributed by atoms with van der Waals surface area (Å²) in [7, 11) is 0. The topological polar surface area (TPSA) is 159 Å². The molecule has 0 spiro atoms. The third kappa shape index (κ3) is 5.45. The lowest BCUT2D eigenvalue weighted by Gasteiger charge is -2.27. The molecule has 1 aliphatic heterocycles. The standard InChI is InChI=1S/C14H26N4O5/c15-6-2-1-4-9(16)12(20)17-10(8-19)13(21)18-7-3-5-11(18)14(22)23/h9-11,19H,1-8,15-16H2,(H,17,20)(H,22,23)/t9-,10-,11+/m0/s1. The Labute approximate surface area is 135 Å². The van der Waals surface area contributed by atoms with Gasteiger partial charge in [-0.3, -0.25) is 9.59 Å². The number of hydrogen-bond acceptors (Lipinski definition) is 6. The summed E-state index contributed by atoms with van der Waals surface area (Å²) in [5.74, 6) is -2.22. The fourth-order valence-corrected chi connectivity index (χ4v) is 2.59. The molecule has 1 rings (SSSR count). The molecule has 7 N–H and O–H groups in total. The molecule has 0 aliphatic carbocycles. The maximum Gasteiger partial charge on any atom is 0.326 e. The summed E-state index contributed by atoms with van der Waals surface area (Å²) < 4.78 is 0. The van der Waals surface area contributed by atoms with Gasteiger partial charge in [0.15, 0.2) is 0 Å². The highest BCUT2D eigenvalue weighted by molar-refractivity contribution is 5.92. The van der Waals surface area contributed by atoms with E-state index in [0.29, 0.717) is 38.8 Å². The van der Waals surface area contributed by atoms with E-state index in [9.17, 15) is 19.5 Å². The first-order valence-electron chi connectivity index (χ1n) is 7.82. The fourth-order valence-electron chi connectivity index (χ4n) is 2.59. The van der Waals surface area contributed by atoms with Crippen molar-refractivity contribution in [1.29, 1.82) is 0 Å². The molecule has 0 radical (unpaired) electrons. The van der Waals surface area contributed by atoms with Crippen LogP contribution in [-0.2, 0) is 14.4 Å². The Hall–Kier alpha value is -1.71. The molecule has 23 heavy (non-hydrogen) atoms. The number of unbranched alkanes of at least 4 members (excludes halogenated alkanes) is 1. The van der Waals surface area contributed by atoms with Gasteiger partial charge in [0.2, 0.25) is 11.8 Å². The summed E-state index contributed by atoms with van der Waals surface area (Å²) in [6, 6.07) is -2.88. The number of aliphatic carboxylic acids is 1. The van der Waals surface area contributed by atoms with E-state index >= 15 is 0 Å². The predicted octanol–water partition coefficient (Wildman–Crippen LogP) is -2.00. The molecule has 132 valence electrons. The highest BCUT2D eigenvalue weighted by Gasteiger charge is 2.37. The normalized spacial score (nSPS) is 20.1. The van der Waals surface area contributed by atoms with Crippen LogP contribution in [0.3, 0.4) is 0 Å². The Kier molecular flexibility index (Phi) is 7.93. The number of rotatable bonds is 9. The van der Waals surface area contributed by atoms with E-state index in [-0.39, 0.29) is 0 Å². The first kappa shape index (κ1) is 19.3. The lowest BCUT2D eigenvalue weighted by atomic mass is 10.1. The average molecular weight is 330 g/mol. The van der Waals surface area contributed by atoms with Crippen LogP contribution >= 0.6 is 0 Å². The second-order valence-electron chi connectivity index (χ2n) is 5.66. The second kappa shape index (κ2) is 9.43. The molecular formula is C14H26N4O5. The van der Waals surface area contributed by atoms with Crippen LogP contribution in [0.1, 0.15) is 32.1 Å². The van der Waals surface area contributed by atoms with Crippen LogP contribution in [0, 0.1) is 0 Å². The van der Waals surface area contributed by atoms with Crippen molar-refractivity contribution in [2.45, 2.75) is 50.2 Å². The lowest BCUT2D eigenvalue weighted by molar-refractivity contribution is -0.149. The monoisotopic (exact) mass is 330 g/mol. The predicted molar refractivity (Wildman–Crippen MR) is 82.3 cm³/mol. The van der Waals surface area contributed by atoms with Gasteiger partial charge >= 0.3 is 5.97 Å². The number of nitrogens with zero attached hydrogens (tertiary/aromatic N) is 1. The van der Waals surface area contributed by atoms with Crippen molar-refractivity contribution in [1.82, 2.24) is 10.2 Å². The Morgan fingerprint density at radius 2 is 2.00 bits per heavy atom. The number of likely N-dealkylation sites (tertiary alicyclic amines) is 1. The number of nitrogens with two attached hydrogens (primary N) is 2. The van der Waals surface area contributed by atoms with E-state index in [1.165, 1.54) is 4.90 Å². The Balaban J connectivity index is 2.60. The van der Waals surface area contributed by atoms with E-state index in [0.717, 1.165) is 6.42 Å². The van der Waals surface area contributed by atoms with E-state index < -0.39 is 42.5 Å². The summed E-state index contributed by atoms with van der Waals surface area (Å²) in [5, 5.41) is 20.9. The molecule has 3 atom stereocenters. The molecule has 0 unspecified atom stereocenters. The Morgan fingerprint density at radius 3 is 2.57 bits per heavy atom. The van der Waals surface area contributed by atoms with Crippen molar-refractivity contribution in [2.24, 2.45) is 11.5 Å². The zero-order valence-electron chi connectivity index (χ0n) is 13.1. The number of hydrogen-bond donors (Lipinski definition) is 5. The number of aliphatic hydroxyl groups excluding tert-OH is 1. The molecule has 1 saturated heterocycles. The zero-order chi connectivity index (χ0) is 17.4. The van der Waals surface area contributed by atoms with Gasteiger partial charge < -0.3 is 31.9 Å².